The third kappa shape index (κ3) is 3.93. The first-order valence-electron chi connectivity index (χ1n) is 10.6. The molecule has 2 aromatic heterocycles. The number of aromatic amines is 1. The van der Waals surface area contributed by atoms with E-state index in [9.17, 15) is 16.8 Å². The summed E-state index contributed by atoms with van der Waals surface area (Å²) in [6, 6.07) is 8.77. The van der Waals surface area contributed by atoms with Gasteiger partial charge in [-0.25, -0.2) is 4.98 Å². The molecule has 13 nitrogen and oxygen atoms in total. The van der Waals surface area contributed by atoms with E-state index in [1.54, 1.807) is 24.3 Å². The van der Waals surface area contributed by atoms with Crippen LogP contribution in [0.1, 0.15) is 12.8 Å². The quantitative estimate of drug-likeness (QED) is 0.393. The zero-order chi connectivity index (χ0) is 24.1. The van der Waals surface area contributed by atoms with Crippen LogP contribution in [0.3, 0.4) is 0 Å². The number of morpholine rings is 1. The lowest BCUT2D eigenvalue weighted by molar-refractivity contribution is 0.0902. The van der Waals surface area contributed by atoms with Crippen molar-refractivity contribution in [2.24, 2.45) is 0 Å². The summed E-state index contributed by atoms with van der Waals surface area (Å²) < 4.78 is 58.5. The van der Waals surface area contributed by atoms with E-state index in [0.29, 0.717) is 40.1 Å². The van der Waals surface area contributed by atoms with E-state index in [1.165, 1.54) is 6.07 Å². The van der Waals surface area contributed by atoms with Crippen molar-refractivity contribution in [3.8, 4) is 0 Å². The number of hydrogen-bond acceptors (Lipinski definition) is 10. The zero-order valence-corrected chi connectivity index (χ0v) is 20.1. The average Bonchev–Trinajstić information content (AvgIpc) is 3.35. The molecule has 0 radical (unpaired) electrons. The van der Waals surface area contributed by atoms with Crippen LogP contribution in [-0.4, -0.2) is 80.9 Å². The predicted octanol–water partition coefficient (Wildman–Crippen LogP) is 1.01. The largest absolute Gasteiger partial charge is 0.377 e. The molecule has 2 saturated heterocycles. The molecule has 0 saturated carbocycles. The lowest BCUT2D eigenvalue weighted by Crippen LogP contribution is -2.46. The Morgan fingerprint density at radius 3 is 2.44 bits per heavy atom. The van der Waals surface area contributed by atoms with Gasteiger partial charge < -0.3 is 15.0 Å². The third-order valence-corrected chi connectivity index (χ3v) is 10.7. The molecule has 182 valence electrons. The number of pyridine rings is 1. The molecular formula is C19H24N8O5S2. The lowest BCUT2D eigenvalue weighted by atomic mass is 10.2. The Bertz CT molecular complexity index is 1420. The molecule has 2 bridgehead atoms. The fourth-order valence-corrected chi connectivity index (χ4v) is 6.91. The number of hydrogen-bond donors (Lipinski definition) is 3. The Labute approximate surface area is 196 Å². The van der Waals surface area contributed by atoms with Crippen LogP contribution in [0.5, 0.6) is 0 Å². The van der Waals surface area contributed by atoms with Gasteiger partial charge in [-0.3, -0.25) is 4.72 Å². The Balaban J connectivity index is 1.55. The van der Waals surface area contributed by atoms with E-state index in [0.717, 1.165) is 26.9 Å². The second-order valence-electron chi connectivity index (χ2n) is 8.34. The number of ether oxygens (including phenoxy) is 1. The first-order valence-corrected chi connectivity index (χ1v) is 14.0. The van der Waals surface area contributed by atoms with Gasteiger partial charge in [0.05, 0.1) is 31.0 Å². The minimum absolute atomic E-state index is 0.00460. The van der Waals surface area contributed by atoms with E-state index >= 15 is 0 Å². The fraction of sp³-hybridized carbons (Fsp3) is 0.421. The van der Waals surface area contributed by atoms with Crippen molar-refractivity contribution in [3.63, 3.8) is 0 Å². The summed E-state index contributed by atoms with van der Waals surface area (Å²) in [4.78, 5) is 6.88. The number of nitrogens with one attached hydrogen (secondary N) is 3. The molecule has 2 atom stereocenters. The smallest absolute Gasteiger partial charge is 0.353 e. The number of rotatable bonds is 7. The Morgan fingerprint density at radius 2 is 1.74 bits per heavy atom. The summed E-state index contributed by atoms with van der Waals surface area (Å²) in [6.07, 6.45) is 1.96. The van der Waals surface area contributed by atoms with Crippen molar-refractivity contribution in [3.05, 3.63) is 30.3 Å². The molecule has 4 heterocycles. The molecule has 3 N–H and O–H groups in total. The summed E-state index contributed by atoms with van der Waals surface area (Å²) >= 11 is 0. The van der Waals surface area contributed by atoms with Crippen molar-refractivity contribution in [2.45, 2.75) is 24.9 Å². The highest BCUT2D eigenvalue weighted by Gasteiger charge is 2.39. The van der Waals surface area contributed by atoms with Gasteiger partial charge in [-0.05, 0) is 43.2 Å². The maximum Gasteiger partial charge on any atom is 0.353 e. The molecule has 1 aromatic carbocycles. The zero-order valence-electron chi connectivity index (χ0n) is 18.5. The Morgan fingerprint density at radius 1 is 1.03 bits per heavy atom. The summed E-state index contributed by atoms with van der Waals surface area (Å²) in [5.41, 5.74) is 1.83. The van der Waals surface area contributed by atoms with Crippen LogP contribution in [0.25, 0.3) is 11.0 Å². The third-order valence-electron chi connectivity index (χ3n) is 5.92. The van der Waals surface area contributed by atoms with E-state index in [4.69, 9.17) is 9.72 Å². The summed E-state index contributed by atoms with van der Waals surface area (Å²) in [5, 5.41) is 13.7. The van der Waals surface area contributed by atoms with Crippen molar-refractivity contribution in [1.82, 2.24) is 24.7 Å². The van der Waals surface area contributed by atoms with Crippen LogP contribution in [0.15, 0.2) is 30.3 Å². The number of benzene rings is 1. The van der Waals surface area contributed by atoms with Crippen molar-refractivity contribution in [1.29, 1.82) is 0 Å². The maximum absolute atomic E-state index is 12.7. The normalized spacial score (nSPS) is 20.7. The number of anilines is 4. The minimum Gasteiger partial charge on any atom is -0.377 e. The minimum atomic E-state index is -4.79. The Kier molecular flexibility index (Phi) is 5.58. The highest BCUT2D eigenvalue weighted by Crippen LogP contribution is 2.36. The first kappa shape index (κ1) is 22.8. The molecule has 15 heteroatoms. The van der Waals surface area contributed by atoms with Crippen molar-refractivity contribution >= 4 is 52.2 Å². The lowest BCUT2D eigenvalue weighted by Gasteiger charge is -2.36. The van der Waals surface area contributed by atoms with Gasteiger partial charge in [-0.2, -0.15) is 36.6 Å². The van der Waals surface area contributed by atoms with Gasteiger partial charge in [0, 0.05) is 19.8 Å². The summed E-state index contributed by atoms with van der Waals surface area (Å²) in [5.74, 6) is 0.808. The number of fused-ring (bicyclic) bond motifs is 3. The van der Waals surface area contributed by atoms with Gasteiger partial charge >= 0.3 is 18.1 Å². The van der Waals surface area contributed by atoms with Gasteiger partial charge in [0.25, 0.3) is 0 Å². The monoisotopic (exact) mass is 508 g/mol. The second kappa shape index (κ2) is 8.33. The molecule has 2 unspecified atom stereocenters. The SMILES string of the molecule is CN(C)S(=O)(=O)S(=O)(=O)Nc1ccc(N2C3CCC2COC3)nc1Nc1ccc2n[nH]nc2c1. The van der Waals surface area contributed by atoms with E-state index < -0.39 is 18.1 Å². The van der Waals surface area contributed by atoms with Gasteiger partial charge in [0.15, 0.2) is 5.82 Å². The molecular weight excluding hydrogens is 484 g/mol. The van der Waals surface area contributed by atoms with Gasteiger partial charge in [0.1, 0.15) is 16.9 Å². The van der Waals surface area contributed by atoms with E-state index in [1.807, 2.05) is 0 Å². The van der Waals surface area contributed by atoms with Crippen LogP contribution in [0, 0.1) is 0 Å². The van der Waals surface area contributed by atoms with E-state index in [2.05, 4.69) is 30.3 Å². The number of nitrogens with zero attached hydrogens (tertiary/aromatic N) is 5. The molecule has 3 aromatic rings. The highest BCUT2D eigenvalue weighted by molar-refractivity contribution is 8.66. The van der Waals surface area contributed by atoms with Crippen molar-refractivity contribution in [2.75, 3.05) is 42.2 Å². The molecule has 34 heavy (non-hydrogen) atoms. The Hall–Kier alpha value is -3.01. The maximum atomic E-state index is 12.7. The first-order chi connectivity index (χ1) is 16.2. The summed E-state index contributed by atoms with van der Waals surface area (Å²) in [7, 11) is -7.13. The van der Waals surface area contributed by atoms with Crippen LogP contribution in [0.2, 0.25) is 0 Å². The average molecular weight is 509 g/mol. The van der Waals surface area contributed by atoms with E-state index in [-0.39, 0.29) is 23.6 Å². The molecule has 2 fully saturated rings. The molecule has 2 aliphatic heterocycles. The number of H-pyrrole nitrogens is 1. The van der Waals surface area contributed by atoms with Gasteiger partial charge in [0.2, 0.25) is 0 Å². The second-order valence-corrected chi connectivity index (χ2v) is 13.6. The van der Waals surface area contributed by atoms with Crippen LogP contribution in [0.4, 0.5) is 23.0 Å². The van der Waals surface area contributed by atoms with Gasteiger partial charge in [-0.15, -0.1) is 0 Å². The standard InChI is InChI=1S/C19H24N8O5S2/c1-26(2)34(30,31)33(28,29)24-16-7-8-18(27-13-4-5-14(27)11-32-10-13)21-19(16)20-12-3-6-15-17(9-12)23-25-22-15/h3,6-9,13-14,24H,4-5,10-11H2,1-2H3,(H,20,21)(H,22,23,25). The fourth-order valence-electron chi connectivity index (χ4n) is 4.21. The predicted molar refractivity (Wildman–Crippen MR) is 127 cm³/mol. The number of aromatic nitrogens is 4. The van der Waals surface area contributed by atoms with Crippen LogP contribution in [-0.2, 0) is 22.8 Å². The van der Waals surface area contributed by atoms with Crippen molar-refractivity contribution < 1.29 is 21.6 Å². The topological polar surface area (TPSA) is 163 Å². The summed E-state index contributed by atoms with van der Waals surface area (Å²) in [6.45, 7) is 1.19. The van der Waals surface area contributed by atoms with Crippen LogP contribution < -0.4 is 14.9 Å². The van der Waals surface area contributed by atoms with Crippen LogP contribution >= 0.6 is 0 Å². The molecule has 0 spiro atoms. The molecule has 5 rings (SSSR count). The highest BCUT2D eigenvalue weighted by atomic mass is 33.2. The van der Waals surface area contributed by atoms with Gasteiger partial charge in [-0.1, -0.05) is 0 Å². The molecule has 0 aliphatic carbocycles. The molecule has 2 aliphatic rings. The molecule has 0 amide bonds.